The number of rotatable bonds is 6. The number of carbonyl (C=O) groups is 2. The van der Waals surface area contributed by atoms with Crippen molar-refractivity contribution in [3.63, 3.8) is 0 Å². The number of amides is 2. The predicted molar refractivity (Wildman–Crippen MR) is 107 cm³/mol. The molecule has 3 rings (SSSR count). The summed E-state index contributed by atoms with van der Waals surface area (Å²) < 4.78 is 17.6. The summed E-state index contributed by atoms with van der Waals surface area (Å²) in [5, 5.41) is 5.46. The van der Waals surface area contributed by atoms with Gasteiger partial charge in [-0.15, -0.1) is 0 Å². The molecule has 0 aliphatic heterocycles. The van der Waals surface area contributed by atoms with Crippen molar-refractivity contribution < 1.29 is 14.0 Å². The van der Waals surface area contributed by atoms with Crippen LogP contribution in [0.1, 0.15) is 28.6 Å². The Kier molecular flexibility index (Phi) is 6.33. The van der Waals surface area contributed by atoms with Gasteiger partial charge in [-0.1, -0.05) is 30.7 Å². The highest BCUT2D eigenvalue weighted by Crippen LogP contribution is 2.32. The maximum Gasteiger partial charge on any atom is 0.265 e. The average Bonchev–Trinajstić information content (AvgIpc) is 3.12. The molecule has 2 heterocycles. The van der Waals surface area contributed by atoms with E-state index in [1.807, 2.05) is 0 Å². The number of hydrogen-bond acceptors (Lipinski definition) is 5. The van der Waals surface area contributed by atoms with Crippen LogP contribution in [0.4, 0.5) is 10.1 Å². The van der Waals surface area contributed by atoms with Gasteiger partial charge in [0, 0.05) is 19.2 Å². The summed E-state index contributed by atoms with van der Waals surface area (Å²) in [6.07, 6.45) is 1.87. The Balaban J connectivity index is 1.85. The van der Waals surface area contributed by atoms with E-state index < -0.39 is 11.7 Å². The van der Waals surface area contributed by atoms with Crippen LogP contribution in [0.2, 0.25) is 5.02 Å². The molecular weight excluding hydrogens is 403 g/mol. The van der Waals surface area contributed by atoms with E-state index in [-0.39, 0.29) is 28.8 Å². The van der Waals surface area contributed by atoms with Crippen molar-refractivity contribution in [3.8, 4) is 11.4 Å². The molecule has 0 aliphatic rings. The molecule has 28 heavy (non-hydrogen) atoms. The second-order valence-corrected chi connectivity index (χ2v) is 6.96. The van der Waals surface area contributed by atoms with Crippen LogP contribution < -0.4 is 10.6 Å². The molecule has 3 aromatic rings. The third-order valence-corrected chi connectivity index (χ3v) is 4.96. The molecule has 9 heteroatoms. The maximum absolute atomic E-state index is 13.3. The molecule has 0 atom stereocenters. The maximum atomic E-state index is 13.3. The van der Waals surface area contributed by atoms with Crippen LogP contribution in [0, 0.1) is 5.82 Å². The van der Waals surface area contributed by atoms with Gasteiger partial charge >= 0.3 is 0 Å². The minimum Gasteiger partial charge on any atom is -0.347 e. The van der Waals surface area contributed by atoms with E-state index in [1.54, 1.807) is 31.3 Å². The minimum absolute atomic E-state index is 0.0159. The van der Waals surface area contributed by atoms with E-state index in [1.165, 1.54) is 18.2 Å². The lowest BCUT2D eigenvalue weighted by molar-refractivity contribution is -0.115. The lowest BCUT2D eigenvalue weighted by atomic mass is 10.2. The van der Waals surface area contributed by atoms with Crippen molar-refractivity contribution >= 4 is 40.6 Å². The zero-order chi connectivity index (χ0) is 20.1. The van der Waals surface area contributed by atoms with Gasteiger partial charge in [-0.3, -0.25) is 14.6 Å². The fraction of sp³-hybridized carbons (Fsp3) is 0.158. The standard InChI is InChI=1S/C19H16ClFN4O2S/c1-2-15(26)24-17-16(14-5-3-4-8-22-14)25-28-18(17)19(27)23-10-11-6-7-13(21)12(20)9-11/h3-9H,2,10H2,1H3,(H,23,27)(H,24,26). The van der Waals surface area contributed by atoms with E-state index in [0.717, 1.165) is 11.5 Å². The zero-order valence-electron chi connectivity index (χ0n) is 14.8. The topological polar surface area (TPSA) is 84.0 Å². The number of benzene rings is 1. The number of nitrogens with zero attached hydrogens (tertiary/aromatic N) is 2. The van der Waals surface area contributed by atoms with Crippen LogP contribution in [-0.2, 0) is 11.3 Å². The highest BCUT2D eigenvalue weighted by molar-refractivity contribution is 7.09. The Morgan fingerprint density at radius 1 is 1.25 bits per heavy atom. The molecule has 0 unspecified atom stereocenters. The normalized spacial score (nSPS) is 10.5. The second kappa shape index (κ2) is 8.90. The van der Waals surface area contributed by atoms with Crippen molar-refractivity contribution in [3.05, 3.63) is 63.9 Å². The van der Waals surface area contributed by atoms with E-state index in [0.29, 0.717) is 22.6 Å². The summed E-state index contributed by atoms with van der Waals surface area (Å²) in [4.78, 5) is 29.1. The number of carbonyl (C=O) groups excluding carboxylic acids is 2. The SMILES string of the molecule is CCC(=O)Nc1c(-c2ccccn2)nsc1C(=O)NCc1ccc(F)c(Cl)c1. The van der Waals surface area contributed by atoms with Crippen LogP contribution in [0.15, 0.2) is 42.6 Å². The highest BCUT2D eigenvalue weighted by Gasteiger charge is 2.22. The number of halogens is 2. The largest absolute Gasteiger partial charge is 0.347 e. The molecule has 0 bridgehead atoms. The third kappa shape index (κ3) is 4.52. The van der Waals surface area contributed by atoms with Crippen molar-refractivity contribution in [2.24, 2.45) is 0 Å². The molecule has 0 aliphatic carbocycles. The van der Waals surface area contributed by atoms with Gasteiger partial charge in [0.05, 0.1) is 16.4 Å². The average molecular weight is 419 g/mol. The Morgan fingerprint density at radius 3 is 2.75 bits per heavy atom. The molecule has 0 saturated carbocycles. The third-order valence-electron chi connectivity index (χ3n) is 3.83. The van der Waals surface area contributed by atoms with Gasteiger partial charge in [0.1, 0.15) is 16.4 Å². The summed E-state index contributed by atoms with van der Waals surface area (Å²) in [5.74, 6) is -1.17. The van der Waals surface area contributed by atoms with Crippen LogP contribution >= 0.6 is 23.1 Å². The van der Waals surface area contributed by atoms with Gasteiger partial charge in [-0.2, -0.15) is 4.37 Å². The fourth-order valence-corrected chi connectivity index (χ4v) is 3.34. The van der Waals surface area contributed by atoms with E-state index in [4.69, 9.17) is 11.6 Å². The molecular formula is C19H16ClFN4O2S. The molecule has 2 amide bonds. The first kappa shape index (κ1) is 19.9. The number of aromatic nitrogens is 2. The van der Waals surface area contributed by atoms with Crippen molar-refractivity contribution in [1.29, 1.82) is 0 Å². The van der Waals surface area contributed by atoms with E-state index in [2.05, 4.69) is 20.0 Å². The molecule has 1 aromatic carbocycles. The van der Waals surface area contributed by atoms with Gasteiger partial charge in [-0.05, 0) is 41.4 Å². The van der Waals surface area contributed by atoms with Gasteiger partial charge in [0.2, 0.25) is 5.91 Å². The first-order valence-corrected chi connectivity index (χ1v) is 9.57. The van der Waals surface area contributed by atoms with Gasteiger partial charge in [0.15, 0.2) is 0 Å². The number of anilines is 1. The molecule has 2 aromatic heterocycles. The quantitative estimate of drug-likeness (QED) is 0.626. The number of nitrogens with one attached hydrogen (secondary N) is 2. The number of hydrogen-bond donors (Lipinski definition) is 2. The van der Waals surface area contributed by atoms with E-state index >= 15 is 0 Å². The van der Waals surface area contributed by atoms with Gasteiger partial charge in [0.25, 0.3) is 5.91 Å². The molecule has 2 N–H and O–H groups in total. The summed E-state index contributed by atoms with van der Waals surface area (Å²) in [5.41, 5.74) is 1.95. The minimum atomic E-state index is -0.524. The molecule has 144 valence electrons. The first-order valence-electron chi connectivity index (χ1n) is 8.42. The summed E-state index contributed by atoms with van der Waals surface area (Å²) >= 11 is 6.74. The molecule has 0 saturated heterocycles. The lowest BCUT2D eigenvalue weighted by Crippen LogP contribution is -2.23. The summed E-state index contributed by atoms with van der Waals surface area (Å²) in [6.45, 7) is 1.87. The highest BCUT2D eigenvalue weighted by atomic mass is 35.5. The Bertz CT molecular complexity index is 1010. The number of pyridine rings is 1. The van der Waals surface area contributed by atoms with Gasteiger partial charge in [-0.25, -0.2) is 4.39 Å². The van der Waals surface area contributed by atoms with Crippen LogP contribution in [-0.4, -0.2) is 21.2 Å². The molecule has 0 radical (unpaired) electrons. The molecule has 6 nitrogen and oxygen atoms in total. The van der Waals surface area contributed by atoms with Crippen molar-refractivity contribution in [1.82, 2.24) is 14.7 Å². The van der Waals surface area contributed by atoms with Crippen LogP contribution in [0.5, 0.6) is 0 Å². The Morgan fingerprint density at radius 2 is 2.07 bits per heavy atom. The molecule has 0 spiro atoms. The predicted octanol–water partition coefficient (Wildman–Crippen LogP) is 4.28. The smallest absolute Gasteiger partial charge is 0.265 e. The lowest BCUT2D eigenvalue weighted by Gasteiger charge is -2.09. The fourth-order valence-electron chi connectivity index (χ4n) is 2.38. The van der Waals surface area contributed by atoms with Gasteiger partial charge < -0.3 is 10.6 Å². The van der Waals surface area contributed by atoms with E-state index in [9.17, 15) is 14.0 Å². The van der Waals surface area contributed by atoms with Crippen LogP contribution in [0.25, 0.3) is 11.4 Å². The molecule has 0 fully saturated rings. The Hall–Kier alpha value is -2.84. The summed E-state index contributed by atoms with van der Waals surface area (Å²) in [6, 6.07) is 9.53. The zero-order valence-corrected chi connectivity index (χ0v) is 16.4. The Labute approximate surface area is 169 Å². The van der Waals surface area contributed by atoms with Crippen molar-refractivity contribution in [2.45, 2.75) is 19.9 Å². The second-order valence-electron chi connectivity index (χ2n) is 5.78. The summed E-state index contributed by atoms with van der Waals surface area (Å²) in [7, 11) is 0. The van der Waals surface area contributed by atoms with Crippen LogP contribution in [0.3, 0.4) is 0 Å². The first-order chi connectivity index (χ1) is 13.5. The van der Waals surface area contributed by atoms with Crippen molar-refractivity contribution in [2.75, 3.05) is 5.32 Å². The monoisotopic (exact) mass is 418 g/mol.